The number of rotatable bonds is 17. The van der Waals surface area contributed by atoms with E-state index in [0.29, 0.717) is 93.8 Å². The first-order valence-corrected chi connectivity index (χ1v) is 20.7. The van der Waals surface area contributed by atoms with Gasteiger partial charge in [0.2, 0.25) is 17.7 Å². The standard InChI is InChI=1S/C43H48N10O7/c54-37-15-13-34(41(57)52-37)53-42(58)29-4-1-5-32(38(29)43(53)59)45-17-2-20-60-21-3-18-46-39(55)25-6-9-28(10-7-25)49-40(56)30-24-47-36(22-33(30)48-27-11-12-27)51-35-14-8-26-23-44-19-16-31(26)50-35/h1,4-5,8,14,16,19,22-25,27-28,34,45H,2-3,6-7,9-13,15,17-18,20-21H2,(H,46,55)(H,49,56)(H,52,54,57)(H2,47,48,50,51)/t25-,28-,34?. The fraction of sp³-hybridized carbons (Fsp3) is 0.419. The fourth-order valence-electron chi connectivity index (χ4n) is 7.89. The number of hydrogen-bond donors (Lipinski definition) is 6. The number of carbonyl (C=O) groups is 6. The monoisotopic (exact) mass is 816 g/mol. The quantitative estimate of drug-likeness (QED) is 0.0654. The number of nitrogens with one attached hydrogen (secondary N) is 6. The average molecular weight is 817 g/mol. The minimum absolute atomic E-state index is 0.0179. The number of piperidine rings is 1. The fourth-order valence-corrected chi connectivity index (χ4v) is 7.89. The Balaban J connectivity index is 0.716. The molecule has 2 saturated carbocycles. The minimum Gasteiger partial charge on any atom is -0.384 e. The van der Waals surface area contributed by atoms with Crippen LogP contribution in [0.2, 0.25) is 0 Å². The van der Waals surface area contributed by atoms with E-state index in [4.69, 9.17) is 4.74 Å². The summed E-state index contributed by atoms with van der Waals surface area (Å²) in [5.41, 5.74) is 2.97. The van der Waals surface area contributed by atoms with E-state index in [2.05, 4.69) is 46.9 Å². The first-order valence-electron chi connectivity index (χ1n) is 20.7. The molecule has 6 N–H and O–H groups in total. The van der Waals surface area contributed by atoms with Crippen LogP contribution < -0.4 is 31.9 Å². The second kappa shape index (κ2) is 18.2. The molecule has 17 nitrogen and oxygen atoms in total. The van der Waals surface area contributed by atoms with Gasteiger partial charge in [-0.05, 0) is 88.1 Å². The molecule has 60 heavy (non-hydrogen) atoms. The third-order valence-electron chi connectivity index (χ3n) is 11.3. The Hall–Kier alpha value is -6.49. The van der Waals surface area contributed by atoms with Crippen molar-refractivity contribution in [3.8, 4) is 0 Å². The van der Waals surface area contributed by atoms with Crippen LogP contribution in [0.25, 0.3) is 10.9 Å². The van der Waals surface area contributed by atoms with Crippen LogP contribution in [0.4, 0.5) is 23.0 Å². The van der Waals surface area contributed by atoms with E-state index < -0.39 is 29.7 Å². The van der Waals surface area contributed by atoms with Crippen LogP contribution in [0.5, 0.6) is 0 Å². The van der Waals surface area contributed by atoms with Gasteiger partial charge in [0.05, 0.1) is 27.9 Å². The largest absolute Gasteiger partial charge is 0.384 e. The lowest BCUT2D eigenvalue weighted by Gasteiger charge is -2.28. The molecule has 8 rings (SSSR count). The summed E-state index contributed by atoms with van der Waals surface area (Å²) >= 11 is 0. The molecule has 0 radical (unpaired) electrons. The third kappa shape index (κ3) is 9.36. The zero-order valence-corrected chi connectivity index (χ0v) is 33.1. The number of amides is 6. The molecule has 1 unspecified atom stereocenters. The highest BCUT2D eigenvalue weighted by Crippen LogP contribution is 2.33. The van der Waals surface area contributed by atoms with Crippen LogP contribution in [-0.2, 0) is 19.1 Å². The highest BCUT2D eigenvalue weighted by atomic mass is 16.5. The number of benzene rings is 1. The van der Waals surface area contributed by atoms with Gasteiger partial charge in [-0.15, -0.1) is 0 Å². The summed E-state index contributed by atoms with van der Waals surface area (Å²) in [6, 6.07) is 11.7. The van der Waals surface area contributed by atoms with E-state index in [0.717, 1.165) is 34.3 Å². The van der Waals surface area contributed by atoms with E-state index >= 15 is 0 Å². The van der Waals surface area contributed by atoms with Crippen LogP contribution >= 0.6 is 0 Å². The maximum absolute atomic E-state index is 13.5. The third-order valence-corrected chi connectivity index (χ3v) is 11.3. The summed E-state index contributed by atoms with van der Waals surface area (Å²) in [5, 5.41) is 19.3. The van der Waals surface area contributed by atoms with Gasteiger partial charge in [0, 0.05) is 86.5 Å². The molecule has 1 aromatic carbocycles. The zero-order valence-electron chi connectivity index (χ0n) is 33.1. The number of fused-ring (bicyclic) bond motifs is 2. The van der Waals surface area contributed by atoms with Crippen molar-refractivity contribution in [3.63, 3.8) is 0 Å². The van der Waals surface area contributed by atoms with Crippen LogP contribution in [0.1, 0.15) is 95.3 Å². The van der Waals surface area contributed by atoms with Gasteiger partial charge in [0.25, 0.3) is 17.7 Å². The lowest BCUT2D eigenvalue weighted by Crippen LogP contribution is -2.54. The molecule has 312 valence electrons. The Labute approximate surface area is 346 Å². The smallest absolute Gasteiger partial charge is 0.264 e. The maximum atomic E-state index is 13.5. The Morgan fingerprint density at radius 1 is 0.833 bits per heavy atom. The van der Waals surface area contributed by atoms with Gasteiger partial charge < -0.3 is 31.3 Å². The lowest BCUT2D eigenvalue weighted by molar-refractivity contribution is -0.136. The number of carbonyl (C=O) groups excluding carboxylic acids is 6. The Morgan fingerprint density at radius 2 is 1.63 bits per heavy atom. The molecule has 17 heteroatoms. The summed E-state index contributed by atoms with van der Waals surface area (Å²) in [4.78, 5) is 91.0. The van der Waals surface area contributed by atoms with Gasteiger partial charge in [-0.3, -0.25) is 44.0 Å². The lowest BCUT2D eigenvalue weighted by atomic mass is 9.85. The normalized spacial score (nSPS) is 20.1. The van der Waals surface area contributed by atoms with Crippen molar-refractivity contribution < 1.29 is 33.5 Å². The maximum Gasteiger partial charge on any atom is 0.264 e. The first kappa shape index (κ1) is 40.3. The van der Waals surface area contributed by atoms with Crippen molar-refractivity contribution in [3.05, 3.63) is 77.7 Å². The minimum atomic E-state index is -1.02. The molecule has 2 aliphatic carbocycles. The summed E-state index contributed by atoms with van der Waals surface area (Å²) in [5.74, 6) is -1.22. The Kier molecular flexibility index (Phi) is 12.2. The Morgan fingerprint density at radius 3 is 2.43 bits per heavy atom. The first-order chi connectivity index (χ1) is 29.2. The molecule has 5 heterocycles. The van der Waals surface area contributed by atoms with Gasteiger partial charge in [-0.25, -0.2) is 9.97 Å². The van der Waals surface area contributed by atoms with Gasteiger partial charge in [0.1, 0.15) is 17.7 Å². The summed E-state index contributed by atoms with van der Waals surface area (Å²) in [6.45, 7) is 1.90. The molecule has 3 fully saturated rings. The van der Waals surface area contributed by atoms with Crippen molar-refractivity contribution in [1.82, 2.24) is 35.8 Å². The molecule has 1 atom stereocenters. The molecule has 3 aromatic heterocycles. The van der Waals surface area contributed by atoms with Gasteiger partial charge in [-0.1, -0.05) is 6.07 Å². The molecule has 6 amide bonds. The molecule has 0 spiro atoms. The number of hydrogen-bond acceptors (Lipinski definition) is 13. The van der Waals surface area contributed by atoms with Crippen LogP contribution in [0.15, 0.2) is 61.1 Å². The highest BCUT2D eigenvalue weighted by Gasteiger charge is 2.45. The molecular weight excluding hydrogens is 769 g/mol. The Bertz CT molecular complexity index is 2310. The topological polar surface area (TPSA) is 226 Å². The number of anilines is 4. The molecule has 4 aromatic rings. The second-order valence-corrected chi connectivity index (χ2v) is 15.7. The number of nitrogens with zero attached hydrogens (tertiary/aromatic N) is 4. The average Bonchev–Trinajstić information content (AvgIpc) is 4.03. The molecular formula is C43H48N10O7. The van der Waals surface area contributed by atoms with Crippen molar-refractivity contribution in [1.29, 1.82) is 0 Å². The SMILES string of the molecule is O=C1CCC(N2C(=O)c3cccc(NCCCOCCCNC(=O)[C@H]4CC[C@H](NC(=O)c5cnc(Nc6ccc7cnccc7n6)cc5NC5CC5)CC4)c3C2=O)C(=O)N1. The predicted molar refractivity (Wildman–Crippen MR) is 222 cm³/mol. The molecule has 0 bridgehead atoms. The van der Waals surface area contributed by atoms with E-state index in [9.17, 15) is 28.8 Å². The molecule has 1 saturated heterocycles. The number of aromatic nitrogens is 3. The number of ether oxygens (including phenoxy) is 1. The van der Waals surface area contributed by atoms with Crippen LogP contribution in [0.3, 0.4) is 0 Å². The van der Waals surface area contributed by atoms with Gasteiger partial charge >= 0.3 is 0 Å². The van der Waals surface area contributed by atoms with Crippen molar-refractivity contribution >= 4 is 69.4 Å². The molecule has 2 aliphatic heterocycles. The predicted octanol–water partition coefficient (Wildman–Crippen LogP) is 4.06. The van der Waals surface area contributed by atoms with Crippen LogP contribution in [-0.4, -0.2) is 99.7 Å². The second-order valence-electron chi connectivity index (χ2n) is 15.7. The summed E-state index contributed by atoms with van der Waals surface area (Å²) < 4.78 is 5.76. The van der Waals surface area contributed by atoms with Gasteiger partial charge in [0.15, 0.2) is 0 Å². The van der Waals surface area contributed by atoms with Crippen molar-refractivity contribution in [2.45, 2.75) is 82.3 Å². The van der Waals surface area contributed by atoms with Crippen molar-refractivity contribution in [2.75, 3.05) is 42.3 Å². The summed E-state index contributed by atoms with van der Waals surface area (Å²) in [6.07, 6.45) is 11.4. The zero-order chi connectivity index (χ0) is 41.6. The highest BCUT2D eigenvalue weighted by molar-refractivity contribution is 6.25. The number of pyridine rings is 3. The van der Waals surface area contributed by atoms with Crippen molar-refractivity contribution in [2.24, 2.45) is 5.92 Å². The van der Waals surface area contributed by atoms with E-state index in [1.54, 1.807) is 36.8 Å². The van der Waals surface area contributed by atoms with E-state index in [1.165, 1.54) is 0 Å². The van der Waals surface area contributed by atoms with Gasteiger partial charge in [-0.2, -0.15) is 0 Å². The van der Waals surface area contributed by atoms with Crippen LogP contribution in [0, 0.1) is 5.92 Å². The molecule has 4 aliphatic rings. The van der Waals surface area contributed by atoms with E-state index in [-0.39, 0.29) is 47.7 Å². The van der Waals surface area contributed by atoms with E-state index in [1.807, 2.05) is 24.3 Å². The summed E-state index contributed by atoms with van der Waals surface area (Å²) in [7, 11) is 0. The number of imide groups is 2.